The molecule has 1 amide bonds. The highest BCUT2D eigenvalue weighted by atomic mass is 32.1. The van der Waals surface area contributed by atoms with Gasteiger partial charge in [-0.05, 0) is 35.4 Å². The summed E-state index contributed by atoms with van der Waals surface area (Å²) < 4.78 is 5.22. The summed E-state index contributed by atoms with van der Waals surface area (Å²) in [5, 5.41) is 3.36. The van der Waals surface area contributed by atoms with Crippen LogP contribution in [0.3, 0.4) is 0 Å². The van der Waals surface area contributed by atoms with Gasteiger partial charge in [0.2, 0.25) is 0 Å². The third-order valence-corrected chi connectivity index (χ3v) is 5.20. The molecule has 0 fully saturated rings. The lowest BCUT2D eigenvalue weighted by Gasteiger charge is -2.18. The first-order valence-corrected chi connectivity index (χ1v) is 9.69. The number of benzene rings is 3. The first-order chi connectivity index (χ1) is 14.2. The molecule has 0 bridgehead atoms. The molecule has 0 saturated heterocycles. The van der Waals surface area contributed by atoms with Crippen molar-refractivity contribution in [1.29, 1.82) is 0 Å². The lowest BCUT2D eigenvalue weighted by molar-refractivity contribution is -0.121. The zero-order valence-electron chi connectivity index (χ0n) is 16.0. The molecular formula is C24H20N2O2S. The van der Waals surface area contributed by atoms with E-state index in [1.807, 2.05) is 84.9 Å². The molecule has 1 aliphatic heterocycles. The minimum absolute atomic E-state index is 0.0962. The Kier molecular flexibility index (Phi) is 5.40. The van der Waals surface area contributed by atoms with Crippen LogP contribution in [0.2, 0.25) is 0 Å². The first kappa shape index (κ1) is 18.9. The van der Waals surface area contributed by atoms with E-state index in [1.54, 1.807) is 12.0 Å². The normalized spacial score (nSPS) is 13.8. The van der Waals surface area contributed by atoms with Gasteiger partial charge in [-0.1, -0.05) is 72.9 Å². The van der Waals surface area contributed by atoms with Crippen LogP contribution >= 0.6 is 12.2 Å². The summed E-state index contributed by atoms with van der Waals surface area (Å²) in [4.78, 5) is 15.5. The Morgan fingerprint density at radius 1 is 0.897 bits per heavy atom. The van der Waals surface area contributed by atoms with E-state index in [0.29, 0.717) is 22.8 Å². The largest absolute Gasteiger partial charge is 0.497 e. The fourth-order valence-corrected chi connectivity index (χ4v) is 3.59. The maximum absolute atomic E-state index is 13.3. The SMILES string of the molecule is COc1ccc(NC2=C(c3ccccc3)C(=O)N(Cc3ccccc3)C2=S)cc1. The second-order valence-corrected chi connectivity index (χ2v) is 7.04. The number of thiocarbonyl (C=S) groups is 1. The van der Waals surface area contributed by atoms with Crippen LogP contribution in [-0.4, -0.2) is 22.9 Å². The molecule has 1 aliphatic rings. The molecule has 1 heterocycles. The number of nitrogens with zero attached hydrogens (tertiary/aromatic N) is 1. The monoisotopic (exact) mass is 400 g/mol. The number of hydrogen-bond donors (Lipinski definition) is 1. The van der Waals surface area contributed by atoms with Crippen LogP contribution < -0.4 is 10.1 Å². The molecule has 4 nitrogen and oxygen atoms in total. The number of amides is 1. The zero-order valence-corrected chi connectivity index (χ0v) is 16.8. The van der Waals surface area contributed by atoms with E-state index >= 15 is 0 Å². The molecule has 144 valence electrons. The van der Waals surface area contributed by atoms with E-state index in [9.17, 15) is 4.79 Å². The van der Waals surface area contributed by atoms with Gasteiger partial charge in [-0.15, -0.1) is 0 Å². The smallest absolute Gasteiger partial charge is 0.262 e. The summed E-state index contributed by atoms with van der Waals surface area (Å²) in [7, 11) is 1.63. The Hall–Kier alpha value is -3.44. The van der Waals surface area contributed by atoms with Crippen LogP contribution in [0, 0.1) is 0 Å². The van der Waals surface area contributed by atoms with Crippen LogP contribution in [0.25, 0.3) is 5.57 Å². The molecule has 0 aromatic heterocycles. The highest BCUT2D eigenvalue weighted by Crippen LogP contribution is 2.32. The summed E-state index contributed by atoms with van der Waals surface area (Å²) in [6.45, 7) is 0.433. The topological polar surface area (TPSA) is 41.6 Å². The van der Waals surface area contributed by atoms with E-state index in [2.05, 4.69) is 5.32 Å². The number of anilines is 1. The van der Waals surface area contributed by atoms with Crippen molar-refractivity contribution in [3.05, 3.63) is 102 Å². The number of carbonyl (C=O) groups excluding carboxylic acids is 1. The fraction of sp³-hybridized carbons (Fsp3) is 0.0833. The van der Waals surface area contributed by atoms with E-state index in [1.165, 1.54) is 0 Å². The second kappa shape index (κ2) is 8.29. The van der Waals surface area contributed by atoms with Gasteiger partial charge in [0.25, 0.3) is 5.91 Å². The zero-order chi connectivity index (χ0) is 20.2. The predicted octanol–water partition coefficient (Wildman–Crippen LogP) is 4.89. The van der Waals surface area contributed by atoms with Gasteiger partial charge in [0.1, 0.15) is 10.7 Å². The minimum Gasteiger partial charge on any atom is -0.497 e. The van der Waals surface area contributed by atoms with Gasteiger partial charge in [-0.3, -0.25) is 9.69 Å². The lowest BCUT2D eigenvalue weighted by atomic mass is 10.0. The van der Waals surface area contributed by atoms with Crippen LogP contribution in [-0.2, 0) is 11.3 Å². The molecule has 0 unspecified atom stereocenters. The van der Waals surface area contributed by atoms with Gasteiger partial charge in [0.05, 0.1) is 24.9 Å². The van der Waals surface area contributed by atoms with Crippen LogP contribution in [0.1, 0.15) is 11.1 Å². The fourth-order valence-electron chi connectivity index (χ4n) is 3.29. The Labute approximate surface area is 175 Å². The molecule has 29 heavy (non-hydrogen) atoms. The van der Waals surface area contributed by atoms with Gasteiger partial charge in [0, 0.05) is 5.69 Å². The van der Waals surface area contributed by atoms with Crippen molar-refractivity contribution in [2.75, 3.05) is 12.4 Å². The first-order valence-electron chi connectivity index (χ1n) is 9.28. The van der Waals surface area contributed by atoms with Crippen LogP contribution in [0.15, 0.2) is 90.6 Å². The molecule has 0 aliphatic carbocycles. The number of rotatable bonds is 6. The lowest BCUT2D eigenvalue weighted by Crippen LogP contribution is -2.30. The minimum atomic E-state index is -0.0962. The Morgan fingerprint density at radius 3 is 2.14 bits per heavy atom. The molecule has 5 heteroatoms. The molecule has 4 rings (SSSR count). The van der Waals surface area contributed by atoms with E-state index in [0.717, 1.165) is 22.6 Å². The second-order valence-electron chi connectivity index (χ2n) is 6.65. The maximum atomic E-state index is 13.3. The van der Waals surface area contributed by atoms with Crippen molar-refractivity contribution in [3.63, 3.8) is 0 Å². The Morgan fingerprint density at radius 2 is 1.52 bits per heavy atom. The summed E-state index contributed by atoms with van der Waals surface area (Å²) in [5.74, 6) is 0.671. The molecule has 0 spiro atoms. The number of ether oxygens (including phenoxy) is 1. The van der Waals surface area contributed by atoms with Crippen molar-refractivity contribution in [3.8, 4) is 5.75 Å². The number of hydrogen-bond acceptors (Lipinski definition) is 4. The quantitative estimate of drug-likeness (QED) is 0.599. The van der Waals surface area contributed by atoms with Crippen molar-refractivity contribution >= 4 is 34.4 Å². The van der Waals surface area contributed by atoms with Crippen molar-refractivity contribution < 1.29 is 9.53 Å². The summed E-state index contributed by atoms with van der Waals surface area (Å²) in [5.41, 5.74) is 3.94. The average molecular weight is 401 g/mol. The Bertz CT molecular complexity index is 1060. The molecule has 3 aromatic rings. The van der Waals surface area contributed by atoms with E-state index < -0.39 is 0 Å². The van der Waals surface area contributed by atoms with Gasteiger partial charge < -0.3 is 10.1 Å². The van der Waals surface area contributed by atoms with Gasteiger partial charge in [0.15, 0.2) is 0 Å². The van der Waals surface area contributed by atoms with E-state index in [-0.39, 0.29) is 5.91 Å². The van der Waals surface area contributed by atoms with Gasteiger partial charge in [-0.2, -0.15) is 0 Å². The predicted molar refractivity (Wildman–Crippen MR) is 120 cm³/mol. The standard InChI is InChI=1S/C24H20N2O2S/c1-28-20-14-12-19(13-15-20)25-22-21(18-10-6-3-7-11-18)23(27)26(24(22)29)16-17-8-4-2-5-9-17/h2-15,25H,16H2,1H3. The highest BCUT2D eigenvalue weighted by Gasteiger charge is 2.36. The number of nitrogens with one attached hydrogen (secondary N) is 1. The third kappa shape index (κ3) is 3.91. The summed E-state index contributed by atoms with van der Waals surface area (Å²) in [6.07, 6.45) is 0. The van der Waals surface area contributed by atoms with Gasteiger partial charge in [-0.25, -0.2) is 0 Å². The molecule has 1 N–H and O–H groups in total. The molecule has 0 radical (unpaired) electrons. The van der Waals surface area contributed by atoms with Crippen molar-refractivity contribution in [2.45, 2.75) is 6.54 Å². The average Bonchev–Trinajstić information content (AvgIpc) is 3.00. The van der Waals surface area contributed by atoms with Crippen molar-refractivity contribution in [1.82, 2.24) is 4.90 Å². The number of methoxy groups -OCH3 is 1. The molecular weight excluding hydrogens is 380 g/mol. The van der Waals surface area contributed by atoms with Crippen LogP contribution in [0.5, 0.6) is 5.75 Å². The third-order valence-electron chi connectivity index (χ3n) is 4.77. The Balaban J connectivity index is 1.71. The maximum Gasteiger partial charge on any atom is 0.262 e. The van der Waals surface area contributed by atoms with E-state index in [4.69, 9.17) is 17.0 Å². The summed E-state index contributed by atoms with van der Waals surface area (Å²) >= 11 is 5.72. The summed E-state index contributed by atoms with van der Waals surface area (Å²) in [6, 6.07) is 27.0. The highest BCUT2D eigenvalue weighted by molar-refractivity contribution is 7.80. The van der Waals surface area contributed by atoms with Crippen LogP contribution in [0.4, 0.5) is 5.69 Å². The van der Waals surface area contributed by atoms with Gasteiger partial charge >= 0.3 is 0 Å². The molecule has 0 saturated carbocycles. The molecule has 3 aromatic carbocycles. The molecule has 0 atom stereocenters. The van der Waals surface area contributed by atoms with Crippen molar-refractivity contribution in [2.24, 2.45) is 0 Å². The number of carbonyl (C=O) groups is 1.